The molecule has 1 unspecified atom stereocenters. The highest BCUT2D eigenvalue weighted by atomic mass is 16.6. The molecule has 7 N–H and O–H groups in total. The second-order valence-electron chi connectivity index (χ2n) is 20.0. The number of ether oxygens (including phenoxy) is 3. The molecule has 1 aliphatic carbocycles. The van der Waals surface area contributed by atoms with E-state index in [-0.39, 0.29) is 60.6 Å². The van der Waals surface area contributed by atoms with Crippen molar-refractivity contribution in [3.8, 4) is 0 Å². The average Bonchev–Trinajstić information content (AvgIpc) is 3.85. The van der Waals surface area contributed by atoms with Crippen molar-refractivity contribution in [2.75, 3.05) is 13.7 Å². The lowest BCUT2D eigenvalue weighted by molar-refractivity contribution is -0.264. The summed E-state index contributed by atoms with van der Waals surface area (Å²) in [5.74, 6) is -8.21. The summed E-state index contributed by atoms with van der Waals surface area (Å²) in [6.45, 7) is 10.5. The number of nitrogens with two attached hydrogens (primary N) is 2. The van der Waals surface area contributed by atoms with Crippen molar-refractivity contribution in [2.24, 2.45) is 41.1 Å². The quantitative estimate of drug-likeness (QED) is 0.138. The molecule has 1 aromatic rings. The van der Waals surface area contributed by atoms with Gasteiger partial charge in [0.25, 0.3) is 11.7 Å². The van der Waals surface area contributed by atoms with Gasteiger partial charge in [-0.2, -0.15) is 0 Å². The van der Waals surface area contributed by atoms with Crippen LogP contribution in [0.2, 0.25) is 0 Å². The van der Waals surface area contributed by atoms with Crippen LogP contribution in [0.3, 0.4) is 0 Å². The summed E-state index contributed by atoms with van der Waals surface area (Å²) in [7, 11) is 1.61. The Balaban J connectivity index is 1.48. The molecule has 15 atom stereocenters. The van der Waals surface area contributed by atoms with Gasteiger partial charge < -0.3 is 50.3 Å². The van der Waals surface area contributed by atoms with Crippen LogP contribution in [0.25, 0.3) is 0 Å². The third-order valence-corrected chi connectivity index (χ3v) is 14.7. The van der Waals surface area contributed by atoms with E-state index >= 15 is 0 Å². The number of fused-ring (bicyclic) bond motifs is 3. The second-order valence-corrected chi connectivity index (χ2v) is 20.0. The van der Waals surface area contributed by atoms with Crippen LogP contribution in [0, 0.1) is 29.6 Å². The van der Waals surface area contributed by atoms with Gasteiger partial charge in [-0.3, -0.25) is 19.2 Å². The minimum Gasteiger partial charge on any atom is -0.469 e. The molecule has 5 rings (SSSR count). The summed E-state index contributed by atoms with van der Waals surface area (Å²) in [6.07, 6.45) is 12.3. The summed E-state index contributed by atoms with van der Waals surface area (Å²) >= 11 is 0. The highest BCUT2D eigenvalue weighted by Gasteiger charge is 2.53. The van der Waals surface area contributed by atoms with E-state index in [0.29, 0.717) is 63.5 Å². The fourth-order valence-corrected chi connectivity index (χ4v) is 10.3. The molecule has 2 bridgehead atoms. The number of carbonyl (C=O) groups excluding carboxylic acids is 5. The Hall–Kier alpha value is -4.09. The normalized spacial score (nSPS) is 39.6. The van der Waals surface area contributed by atoms with Gasteiger partial charge in [-0.25, -0.2) is 4.79 Å². The first kappa shape index (κ1) is 53.9. The van der Waals surface area contributed by atoms with E-state index in [2.05, 4.69) is 0 Å². The zero-order valence-corrected chi connectivity index (χ0v) is 40.6. The van der Waals surface area contributed by atoms with Crippen LogP contribution in [0.4, 0.5) is 0 Å². The maximum absolute atomic E-state index is 14.4. The number of hydrogen-bond donors (Lipinski definition) is 5. The van der Waals surface area contributed by atoms with E-state index in [0.717, 1.165) is 16.9 Å². The number of piperidine rings is 1. The summed E-state index contributed by atoms with van der Waals surface area (Å²) in [4.78, 5) is 71.6. The van der Waals surface area contributed by atoms with E-state index in [4.69, 9.17) is 30.1 Å². The minimum absolute atomic E-state index is 0.0512. The fourth-order valence-electron chi connectivity index (χ4n) is 10.3. The highest BCUT2D eigenvalue weighted by Crippen LogP contribution is 2.40. The number of Topliss-reactive ketones (excluding diaryl/α,β-unsaturated/α-hetero) is 3. The lowest BCUT2D eigenvalue weighted by Gasteiger charge is -2.42. The number of aliphatic hydroxyl groups excluding tert-OH is 2. The van der Waals surface area contributed by atoms with Crippen LogP contribution in [0.15, 0.2) is 70.4 Å². The minimum atomic E-state index is -2.46. The van der Waals surface area contributed by atoms with Crippen LogP contribution in [-0.2, 0) is 38.2 Å². The largest absolute Gasteiger partial charge is 0.469 e. The molecular formula is C52H77N3O12. The van der Waals surface area contributed by atoms with Crippen molar-refractivity contribution in [1.29, 1.82) is 0 Å². The lowest BCUT2D eigenvalue weighted by Crippen LogP contribution is -2.61. The van der Waals surface area contributed by atoms with Gasteiger partial charge in [-0.05, 0) is 114 Å². The van der Waals surface area contributed by atoms with Gasteiger partial charge in [-0.15, -0.1) is 0 Å². The van der Waals surface area contributed by atoms with Gasteiger partial charge in [-0.1, -0.05) is 69.7 Å². The molecule has 67 heavy (non-hydrogen) atoms. The molecule has 4 heterocycles. The highest BCUT2D eigenvalue weighted by molar-refractivity contribution is 6.39. The second kappa shape index (κ2) is 24.5. The predicted octanol–water partition coefficient (Wildman–Crippen LogP) is 5.55. The van der Waals surface area contributed by atoms with Crippen LogP contribution < -0.4 is 11.5 Å². The third-order valence-electron chi connectivity index (χ3n) is 14.7. The van der Waals surface area contributed by atoms with Gasteiger partial charge >= 0.3 is 5.97 Å². The van der Waals surface area contributed by atoms with Crippen LogP contribution in [0.5, 0.6) is 0 Å². The molecule has 1 saturated carbocycles. The zero-order valence-electron chi connectivity index (χ0n) is 40.6. The number of rotatable bonds is 5. The van der Waals surface area contributed by atoms with E-state index in [9.17, 15) is 39.3 Å². The number of nitrogens with zero attached hydrogens (tertiary/aromatic N) is 1. The Morgan fingerprint density at radius 2 is 1.66 bits per heavy atom. The molecule has 1 aromatic heterocycles. The summed E-state index contributed by atoms with van der Waals surface area (Å²) in [6, 6.07) is 1.48. The molecule has 0 spiro atoms. The van der Waals surface area contributed by atoms with Crippen LogP contribution in [0.1, 0.15) is 130 Å². The lowest BCUT2D eigenvalue weighted by atomic mass is 9.79. The molecular weight excluding hydrogens is 859 g/mol. The maximum atomic E-state index is 14.4. The van der Waals surface area contributed by atoms with E-state index in [1.807, 2.05) is 50.3 Å². The number of amides is 1. The van der Waals surface area contributed by atoms with Crippen molar-refractivity contribution in [3.63, 3.8) is 0 Å². The van der Waals surface area contributed by atoms with E-state index in [1.165, 1.54) is 13.0 Å². The molecule has 15 nitrogen and oxygen atoms in total. The summed E-state index contributed by atoms with van der Waals surface area (Å²) in [5, 5.41) is 34.3. The molecule has 15 heteroatoms. The SMILES string of the molecule is CO[C@@H]1C[C@H](C[C@@H](N)[C@@H]2CC(=O)[C@H](C)/C=C(\C)[C@@H](O)[C@@H](O)C(=O)[C@H](C)C[C@H](C)/C=C/C=C/C=C(\C)C(c3ccco3)C[C@@H]3CC[C@@H](C)[C@@](O)(O3)C(=O)C(=O)N3CCCC[C@H]3C(=O)O2)CC[C@@H]1N. The molecule has 4 aliphatic rings. The number of furan rings is 1. The van der Waals surface area contributed by atoms with Crippen molar-refractivity contribution >= 4 is 29.2 Å². The predicted molar refractivity (Wildman–Crippen MR) is 252 cm³/mol. The Bertz CT molecular complexity index is 1980. The van der Waals surface area contributed by atoms with Crippen molar-refractivity contribution in [1.82, 2.24) is 4.90 Å². The monoisotopic (exact) mass is 936 g/mol. The number of ketones is 3. The number of methoxy groups -OCH3 is 1. The van der Waals surface area contributed by atoms with Crippen molar-refractivity contribution < 1.29 is 57.9 Å². The standard InChI is InChI=1S/C52H77N3O12/c1-30-14-9-8-10-15-31(2)38(43-17-13-23-65-43)28-37-20-18-35(6)52(63,67-37)49(60)50(61)55-22-12-11-16-41(55)51(62)66-45(40(54)26-36-19-21-39(53)44(27-36)64-7)29-42(56)32(3)25-34(5)47(58)48(59)46(57)33(4)24-30/h8-10,13-15,17,23,25,30,32-33,35-41,44-45,47-48,58-59,63H,11-12,16,18-22,24,26-29,53-54H2,1-7H3/b10-8+,14-9+,31-15+,34-25+/t30-,32-,33-,35-,36+,37+,38?,39+,40-,41+,44-,45+,47-,48+,52-/m1/s1. The van der Waals surface area contributed by atoms with E-state index in [1.54, 1.807) is 40.2 Å². The van der Waals surface area contributed by atoms with Crippen LogP contribution >= 0.6 is 0 Å². The number of aliphatic hydroxyl groups is 3. The molecule has 0 aromatic carbocycles. The molecule has 3 aliphatic heterocycles. The van der Waals surface area contributed by atoms with Crippen molar-refractivity contribution in [3.05, 3.63) is 71.8 Å². The number of hydrogen-bond acceptors (Lipinski definition) is 14. The number of esters is 1. The third kappa shape index (κ3) is 13.8. The molecule has 2 saturated heterocycles. The molecule has 0 radical (unpaired) electrons. The van der Waals surface area contributed by atoms with E-state index < -0.39 is 83.5 Å². The number of carbonyl (C=O) groups is 5. The average molecular weight is 936 g/mol. The fraction of sp³-hybridized carbons (Fsp3) is 0.673. The van der Waals surface area contributed by atoms with Gasteiger partial charge in [0.1, 0.15) is 35.9 Å². The molecule has 1 amide bonds. The van der Waals surface area contributed by atoms with Crippen LogP contribution in [-0.4, -0.2) is 118 Å². The zero-order chi connectivity index (χ0) is 49.2. The Kier molecular flexibility index (Phi) is 19.7. The molecule has 372 valence electrons. The van der Waals surface area contributed by atoms with Gasteiger partial charge in [0.05, 0.1) is 18.5 Å². The Labute approximate surface area is 396 Å². The first-order chi connectivity index (χ1) is 31.7. The topological polar surface area (TPSA) is 242 Å². The molecule has 3 fully saturated rings. The Morgan fingerprint density at radius 3 is 2.36 bits per heavy atom. The van der Waals surface area contributed by atoms with Crippen molar-refractivity contribution in [2.45, 2.75) is 179 Å². The number of cyclic esters (lactones) is 1. The first-order valence-electron chi connectivity index (χ1n) is 24.4. The van der Waals surface area contributed by atoms with Gasteiger partial charge in [0.2, 0.25) is 5.79 Å². The van der Waals surface area contributed by atoms with Gasteiger partial charge in [0, 0.05) is 55.8 Å². The van der Waals surface area contributed by atoms with Gasteiger partial charge in [0.15, 0.2) is 5.78 Å². The summed E-state index contributed by atoms with van der Waals surface area (Å²) in [5.41, 5.74) is 14.3. The maximum Gasteiger partial charge on any atom is 0.329 e. The number of allylic oxidation sites excluding steroid dienone is 7. The smallest absolute Gasteiger partial charge is 0.329 e. The Morgan fingerprint density at radius 1 is 0.910 bits per heavy atom. The first-order valence-corrected chi connectivity index (χ1v) is 24.4. The summed E-state index contributed by atoms with van der Waals surface area (Å²) < 4.78 is 23.9.